The van der Waals surface area contributed by atoms with E-state index in [-0.39, 0.29) is 34.9 Å². The Morgan fingerprint density at radius 2 is 1.43 bits per heavy atom. The van der Waals surface area contributed by atoms with Gasteiger partial charge in [0.25, 0.3) is 0 Å². The van der Waals surface area contributed by atoms with Crippen molar-refractivity contribution >= 4 is 109 Å². The summed E-state index contributed by atoms with van der Waals surface area (Å²) in [6.07, 6.45) is 9.63. The smallest absolute Gasteiger partial charge is 0.247 e. The van der Waals surface area contributed by atoms with Crippen LogP contribution in [-0.2, 0) is 27.9 Å². The molecule has 0 atom stereocenters. The van der Waals surface area contributed by atoms with Crippen LogP contribution >= 0.6 is 11.6 Å². The predicted molar refractivity (Wildman–Crippen MR) is 382 cm³/mol. The van der Waals surface area contributed by atoms with Crippen molar-refractivity contribution in [3.63, 3.8) is 0 Å². The summed E-state index contributed by atoms with van der Waals surface area (Å²) < 4.78 is 7.97. The number of halogens is 1. The number of hydrogen-bond acceptors (Lipinski definition) is 17. The number of ketones is 1. The fourth-order valence-corrected chi connectivity index (χ4v) is 10.4. The third-order valence-corrected chi connectivity index (χ3v) is 15.6. The second-order valence-electron chi connectivity index (χ2n) is 22.8. The van der Waals surface area contributed by atoms with Crippen molar-refractivity contribution in [3.8, 4) is 34.7 Å². The van der Waals surface area contributed by atoms with Crippen molar-refractivity contribution in [2.45, 2.75) is 34.1 Å². The van der Waals surface area contributed by atoms with E-state index in [9.17, 15) is 14.4 Å². The van der Waals surface area contributed by atoms with Crippen LogP contribution in [0.25, 0.3) is 33.1 Å². The van der Waals surface area contributed by atoms with Crippen LogP contribution in [0.1, 0.15) is 29.2 Å². The summed E-state index contributed by atoms with van der Waals surface area (Å²) in [4.78, 5) is 71.1. The number of Topliss-reactive ketones (excluding diaryl/α,β-unsaturated/α-hetero) is 1. The number of ether oxygens (including phenoxy) is 1. The van der Waals surface area contributed by atoms with E-state index in [1.165, 1.54) is 35.9 Å². The number of aryl methyl sites for hydroxylation is 4. The fourth-order valence-electron chi connectivity index (χ4n) is 10.3. The summed E-state index contributed by atoms with van der Waals surface area (Å²) in [6.45, 7) is 20.7. The van der Waals surface area contributed by atoms with Crippen LogP contribution in [0.4, 0.5) is 57.5 Å². The number of para-hydroxylation sites is 1. The topological polar surface area (TPSA) is 216 Å². The summed E-state index contributed by atoms with van der Waals surface area (Å²) in [6, 6.07) is 41.2. The molecule has 6 aromatic carbocycles. The lowest BCUT2D eigenvalue weighted by molar-refractivity contribution is -0.113. The van der Waals surface area contributed by atoms with Crippen molar-refractivity contribution in [3.05, 3.63) is 205 Å². The molecule has 1 saturated heterocycles. The molecule has 1 fully saturated rings. The number of piperazine rings is 1. The molecule has 0 bridgehead atoms. The maximum atomic E-state index is 12.2. The first-order valence-corrected chi connectivity index (χ1v) is 30.9. The van der Waals surface area contributed by atoms with Crippen molar-refractivity contribution in [2.24, 2.45) is 7.05 Å². The molecule has 5 N–H and O–H groups in total. The third-order valence-electron chi connectivity index (χ3n) is 15.3. The number of aromatic nitrogens is 7. The van der Waals surface area contributed by atoms with Gasteiger partial charge in [0.05, 0.1) is 28.8 Å². The number of rotatable bonds is 20. The number of nitrogens with zero attached hydrogens (tertiary/aromatic N) is 11. The number of hydrogen-bond donors (Lipinski definition) is 5. The molecule has 1 aliphatic heterocycles. The molecular formula is C73H77ClN16O4. The minimum absolute atomic E-state index is 0.0955. The number of amides is 2. The number of carbonyl (C=O) groups is 3. The van der Waals surface area contributed by atoms with E-state index in [0.29, 0.717) is 29.0 Å². The number of fused-ring (bicyclic) bond motifs is 2. The third kappa shape index (κ3) is 18.2. The Morgan fingerprint density at radius 1 is 0.691 bits per heavy atom. The van der Waals surface area contributed by atoms with Gasteiger partial charge >= 0.3 is 0 Å². The fraction of sp³-hybridized carbons (Fsp3) is 0.219. The van der Waals surface area contributed by atoms with Gasteiger partial charge in [-0.05, 0) is 168 Å². The summed E-state index contributed by atoms with van der Waals surface area (Å²) in [5.41, 5.74) is 14.1. The van der Waals surface area contributed by atoms with Crippen molar-refractivity contribution < 1.29 is 19.1 Å². The number of anilines is 10. The lowest BCUT2D eigenvalue weighted by Crippen LogP contribution is -2.44. The van der Waals surface area contributed by atoms with E-state index in [4.69, 9.17) is 21.3 Å². The molecule has 1 aliphatic rings. The average Bonchev–Trinajstić information content (AvgIpc) is 1.48. The van der Waals surface area contributed by atoms with Gasteiger partial charge in [-0.15, -0.1) is 0 Å². The van der Waals surface area contributed by atoms with Crippen LogP contribution in [-0.4, -0.2) is 129 Å². The standard InChI is InChI=1S/C28H33N7O.C25H27ClN6O2.C20H17N3O/c1-7-27(36)30-24-17-23(19(2)16-26(24)34(5)15-14-33(3)4)32-28-29-13-12-22(31-28)21-18-35(6)25-11-9-8-10-20(21)25;1-4-23(33)28-18-6-5-7-20(15-18)34-24-21(26)16-27-25(30-24)29-22-9-8-19(14-17(22)2)32-12-10-31(3)11-13-32;1-3-5-17(24)11-15-8-9-19-18(12-15)20(22-13-21-19)23-16-7-4-6-14(2)10-16/h7-13,16-18H,1,14-15H2,2-6H3,(H,30,36)(H,29,31,32);4-9,14-16H,1,10-13H2,2-3H3,(H,28,33)(H,27,29,30);4,6-10,12-13H,11H2,1-2H3,(H,21,22,23). The molecule has 11 rings (SSSR count). The molecule has 94 heavy (non-hydrogen) atoms. The van der Waals surface area contributed by atoms with Gasteiger partial charge in [-0.3, -0.25) is 14.4 Å². The largest absolute Gasteiger partial charge is 0.437 e. The Hall–Kier alpha value is -11.0. The molecule has 0 radical (unpaired) electrons. The molecule has 0 aliphatic carbocycles. The number of carbonyl (C=O) groups excluding carboxylic acids is 3. The van der Waals surface area contributed by atoms with E-state index in [0.717, 1.165) is 118 Å². The van der Waals surface area contributed by atoms with E-state index in [1.807, 2.05) is 109 Å². The van der Waals surface area contributed by atoms with E-state index in [1.54, 1.807) is 37.4 Å². The Morgan fingerprint density at radius 3 is 2.18 bits per heavy atom. The second-order valence-corrected chi connectivity index (χ2v) is 23.2. The summed E-state index contributed by atoms with van der Waals surface area (Å²) in [7, 11) is 10.3. The molecule has 480 valence electrons. The lowest BCUT2D eigenvalue weighted by atomic mass is 10.1. The summed E-state index contributed by atoms with van der Waals surface area (Å²) in [5, 5.41) is 17.9. The van der Waals surface area contributed by atoms with Gasteiger partial charge in [-0.25, -0.2) is 24.9 Å². The van der Waals surface area contributed by atoms with Gasteiger partial charge in [-0.1, -0.05) is 73.1 Å². The van der Waals surface area contributed by atoms with Gasteiger partial charge in [0.15, 0.2) is 0 Å². The Labute approximate surface area is 553 Å². The maximum absolute atomic E-state index is 12.2. The van der Waals surface area contributed by atoms with Crippen LogP contribution in [0.3, 0.4) is 0 Å². The van der Waals surface area contributed by atoms with Crippen LogP contribution in [0, 0.1) is 32.6 Å². The first-order chi connectivity index (χ1) is 45.3. The van der Waals surface area contributed by atoms with Crippen molar-refractivity contribution in [1.82, 2.24) is 44.3 Å². The molecular weight excluding hydrogens is 1200 g/mol. The van der Waals surface area contributed by atoms with Crippen LogP contribution < -0.4 is 41.1 Å². The highest BCUT2D eigenvalue weighted by atomic mass is 35.5. The van der Waals surface area contributed by atoms with Crippen LogP contribution in [0.5, 0.6) is 11.6 Å². The normalized spacial score (nSPS) is 11.8. The number of benzene rings is 6. The molecule has 21 heteroatoms. The average molecular weight is 1280 g/mol. The maximum Gasteiger partial charge on any atom is 0.247 e. The zero-order valence-electron chi connectivity index (χ0n) is 54.4. The molecule has 0 spiro atoms. The minimum atomic E-state index is -0.308. The van der Waals surface area contributed by atoms with Crippen molar-refractivity contribution in [2.75, 3.05) is 104 Å². The SMILES string of the molecule is C=CC(=O)Nc1cc(Nc2nccc(-c3cn(C)c4ccccc34)n2)c(C)cc1N(C)CCN(C)C.C=CC(=O)Nc1cccc(Oc2nc(Nc3ccc(N4CCN(C)CC4)cc3C)ncc2Cl)c1.CC#CC(=O)Cc1ccc2ncnc(Nc3cccc(C)c3)c2c1. The minimum Gasteiger partial charge on any atom is -0.437 e. The monoisotopic (exact) mass is 1280 g/mol. The Kier molecular flexibility index (Phi) is 22.8. The first-order valence-electron chi connectivity index (χ1n) is 30.5. The number of likely N-dealkylation sites (N-methyl/N-ethyl adjacent to an activating group) is 3. The Balaban J connectivity index is 0.000000169. The zero-order valence-corrected chi connectivity index (χ0v) is 55.1. The second kappa shape index (κ2) is 31.8. The molecule has 0 saturated carbocycles. The summed E-state index contributed by atoms with van der Waals surface area (Å²) >= 11 is 6.27. The quantitative estimate of drug-likeness (QED) is 0.0272. The van der Waals surface area contributed by atoms with E-state index in [2.05, 4.69) is 157 Å². The molecule has 10 aromatic rings. The van der Waals surface area contributed by atoms with Crippen molar-refractivity contribution in [1.29, 1.82) is 0 Å². The zero-order chi connectivity index (χ0) is 66.8. The summed E-state index contributed by atoms with van der Waals surface area (Å²) in [5.74, 6) is 6.79. The van der Waals surface area contributed by atoms with E-state index < -0.39 is 0 Å². The van der Waals surface area contributed by atoms with Gasteiger partial charge in [0, 0.05) is 129 Å². The van der Waals surface area contributed by atoms with Gasteiger partial charge in [0.2, 0.25) is 35.4 Å². The molecule has 0 unspecified atom stereocenters. The highest BCUT2D eigenvalue weighted by molar-refractivity contribution is 6.31. The number of nitrogens with one attached hydrogen (secondary N) is 5. The van der Waals surface area contributed by atoms with E-state index >= 15 is 0 Å². The first kappa shape index (κ1) is 67.4. The van der Waals surface area contributed by atoms with Crippen LogP contribution in [0.2, 0.25) is 5.02 Å². The van der Waals surface area contributed by atoms with Gasteiger partial charge in [-0.2, -0.15) is 4.98 Å². The lowest BCUT2D eigenvalue weighted by Gasteiger charge is -2.34. The highest BCUT2D eigenvalue weighted by Crippen LogP contribution is 2.36. The molecule has 2 amide bonds. The highest BCUT2D eigenvalue weighted by Gasteiger charge is 2.19. The van der Waals surface area contributed by atoms with Gasteiger partial charge < -0.3 is 55.5 Å². The predicted octanol–water partition coefficient (Wildman–Crippen LogP) is 13.5. The Bertz CT molecular complexity index is 4460. The van der Waals surface area contributed by atoms with Gasteiger partial charge in [0.1, 0.15) is 22.9 Å². The molecule has 5 heterocycles. The van der Waals surface area contributed by atoms with Crippen LogP contribution in [0.15, 0.2) is 178 Å². The molecule has 20 nitrogen and oxygen atoms in total. The molecule has 4 aromatic heterocycles.